The third kappa shape index (κ3) is 1.99. The zero-order chi connectivity index (χ0) is 10.6. The van der Waals surface area contributed by atoms with Gasteiger partial charge in [0, 0.05) is 17.1 Å². The molecule has 0 radical (unpaired) electrons. The Hall–Kier alpha value is -1.64. The van der Waals surface area contributed by atoms with Crippen LogP contribution in [-0.4, -0.2) is 9.97 Å². The van der Waals surface area contributed by atoms with Gasteiger partial charge in [0.1, 0.15) is 5.65 Å². The molecule has 14 heavy (non-hydrogen) atoms. The Labute approximate surface area is 82.8 Å². The van der Waals surface area contributed by atoms with Crippen molar-refractivity contribution in [1.29, 1.82) is 0 Å². The highest BCUT2D eigenvalue weighted by Crippen LogP contribution is 2.05. The van der Waals surface area contributed by atoms with Gasteiger partial charge in [0.25, 0.3) is 5.56 Å². The molecule has 0 aliphatic carbocycles. The Bertz CT molecular complexity index is 474. The number of rotatable bonds is 0. The number of nitrogens with zero attached hydrogens (tertiary/aromatic N) is 1. The summed E-state index contributed by atoms with van der Waals surface area (Å²) in [6.45, 7) is 5.78. The van der Waals surface area contributed by atoms with Crippen LogP contribution in [0.15, 0.2) is 29.2 Å². The van der Waals surface area contributed by atoms with Crippen molar-refractivity contribution in [3.8, 4) is 0 Å². The lowest BCUT2D eigenvalue weighted by Crippen LogP contribution is -2.08. The van der Waals surface area contributed by atoms with Crippen molar-refractivity contribution in [3.05, 3.63) is 40.3 Å². The average Bonchev–Trinajstić information content (AvgIpc) is 2.23. The Balaban J connectivity index is 0.000000461. The first-order valence-corrected chi connectivity index (χ1v) is 4.72. The summed E-state index contributed by atoms with van der Waals surface area (Å²) in [7, 11) is 0. The van der Waals surface area contributed by atoms with Crippen molar-refractivity contribution in [3.63, 3.8) is 0 Å². The van der Waals surface area contributed by atoms with Gasteiger partial charge in [0.15, 0.2) is 0 Å². The maximum absolute atomic E-state index is 11.1. The summed E-state index contributed by atoms with van der Waals surface area (Å²) in [5.41, 5.74) is 1.30. The van der Waals surface area contributed by atoms with Gasteiger partial charge in [-0.25, -0.2) is 4.98 Å². The second kappa shape index (κ2) is 4.56. The number of fused-ring (bicyclic) bond motifs is 1. The summed E-state index contributed by atoms with van der Waals surface area (Å²) in [5, 5.41) is 0.967. The first-order chi connectivity index (χ1) is 6.77. The molecule has 2 aromatic heterocycles. The second-order valence-electron chi connectivity index (χ2n) is 2.72. The number of aryl methyl sites for hydroxylation is 1. The Kier molecular flexibility index (Phi) is 3.40. The molecule has 0 unspecified atom stereocenters. The molecule has 0 bridgehead atoms. The van der Waals surface area contributed by atoms with E-state index in [4.69, 9.17) is 0 Å². The van der Waals surface area contributed by atoms with Gasteiger partial charge in [0.05, 0.1) is 0 Å². The number of aromatic amines is 1. The molecule has 0 amide bonds. The van der Waals surface area contributed by atoms with Gasteiger partial charge in [-0.3, -0.25) is 4.79 Å². The fourth-order valence-corrected chi connectivity index (χ4v) is 1.14. The van der Waals surface area contributed by atoms with Crippen LogP contribution in [0.3, 0.4) is 0 Å². The molecule has 2 aromatic rings. The molecule has 0 saturated heterocycles. The average molecular weight is 190 g/mol. The van der Waals surface area contributed by atoms with E-state index in [-0.39, 0.29) is 5.56 Å². The minimum Gasteiger partial charge on any atom is -0.306 e. The third-order valence-electron chi connectivity index (χ3n) is 1.80. The maximum Gasteiger partial charge on any atom is 0.252 e. The highest BCUT2D eigenvalue weighted by Gasteiger charge is 1.96. The highest BCUT2D eigenvalue weighted by atomic mass is 16.1. The van der Waals surface area contributed by atoms with E-state index in [1.165, 1.54) is 0 Å². The molecule has 74 valence electrons. The van der Waals surface area contributed by atoms with Gasteiger partial charge in [0.2, 0.25) is 0 Å². The van der Waals surface area contributed by atoms with Crippen LogP contribution in [0.5, 0.6) is 0 Å². The normalized spacial score (nSPS) is 9.36. The van der Waals surface area contributed by atoms with Crippen molar-refractivity contribution in [2.45, 2.75) is 20.8 Å². The van der Waals surface area contributed by atoms with Crippen LogP contribution >= 0.6 is 0 Å². The molecular weight excluding hydrogens is 176 g/mol. The molecule has 0 aliphatic heterocycles. The third-order valence-corrected chi connectivity index (χ3v) is 1.80. The zero-order valence-electron chi connectivity index (χ0n) is 8.66. The number of hydrogen-bond acceptors (Lipinski definition) is 2. The predicted octanol–water partition coefficient (Wildman–Crippen LogP) is 2.26. The first-order valence-electron chi connectivity index (χ1n) is 4.72. The smallest absolute Gasteiger partial charge is 0.252 e. The molecule has 0 atom stereocenters. The molecule has 0 spiro atoms. The molecule has 0 aromatic carbocycles. The van der Waals surface area contributed by atoms with E-state index in [9.17, 15) is 4.79 Å². The zero-order valence-corrected chi connectivity index (χ0v) is 8.66. The van der Waals surface area contributed by atoms with E-state index >= 15 is 0 Å². The molecule has 1 N–H and O–H groups in total. The maximum atomic E-state index is 11.1. The fraction of sp³-hybridized carbons (Fsp3) is 0.273. The lowest BCUT2D eigenvalue weighted by molar-refractivity contribution is 1.19. The molecule has 0 aliphatic rings. The van der Waals surface area contributed by atoms with Crippen molar-refractivity contribution in [1.82, 2.24) is 9.97 Å². The van der Waals surface area contributed by atoms with E-state index < -0.39 is 0 Å². The highest BCUT2D eigenvalue weighted by molar-refractivity contribution is 5.74. The van der Waals surface area contributed by atoms with Gasteiger partial charge in [-0.1, -0.05) is 13.8 Å². The lowest BCUT2D eigenvalue weighted by Gasteiger charge is -1.96. The van der Waals surface area contributed by atoms with Crippen LogP contribution in [0.1, 0.15) is 19.4 Å². The number of nitrogens with one attached hydrogen (secondary N) is 1. The van der Waals surface area contributed by atoms with Crippen molar-refractivity contribution < 1.29 is 0 Å². The van der Waals surface area contributed by atoms with Gasteiger partial charge in [-0.05, 0) is 25.1 Å². The minimum absolute atomic E-state index is 0.0683. The van der Waals surface area contributed by atoms with Gasteiger partial charge in [-0.15, -0.1) is 0 Å². The van der Waals surface area contributed by atoms with Gasteiger partial charge >= 0.3 is 0 Å². The van der Waals surface area contributed by atoms with Crippen LogP contribution in [0, 0.1) is 6.92 Å². The second-order valence-corrected chi connectivity index (χ2v) is 2.72. The molecule has 3 heteroatoms. The minimum atomic E-state index is -0.0683. The molecule has 2 rings (SSSR count). The van der Waals surface area contributed by atoms with Crippen molar-refractivity contribution >= 4 is 11.0 Å². The van der Waals surface area contributed by atoms with E-state index in [2.05, 4.69) is 9.97 Å². The van der Waals surface area contributed by atoms with E-state index in [0.717, 1.165) is 10.9 Å². The number of pyridine rings is 2. The van der Waals surface area contributed by atoms with Crippen LogP contribution in [-0.2, 0) is 0 Å². The van der Waals surface area contributed by atoms with Crippen LogP contribution in [0.4, 0.5) is 0 Å². The first kappa shape index (κ1) is 10.4. The predicted molar refractivity (Wildman–Crippen MR) is 58.4 cm³/mol. The standard InChI is InChI=1S/C9H8N2O.C2H6/c1-6-5-7-3-2-4-10-8(7)11-9(6)12;1-2/h2-5H,1H3,(H,10,11,12);1-2H3. The summed E-state index contributed by atoms with van der Waals surface area (Å²) < 4.78 is 0. The fourth-order valence-electron chi connectivity index (χ4n) is 1.14. The van der Waals surface area contributed by atoms with Gasteiger partial charge in [-0.2, -0.15) is 0 Å². The largest absolute Gasteiger partial charge is 0.306 e. The summed E-state index contributed by atoms with van der Waals surface area (Å²) in [4.78, 5) is 17.9. The Morgan fingerprint density at radius 1 is 1.36 bits per heavy atom. The lowest BCUT2D eigenvalue weighted by atomic mass is 10.2. The summed E-state index contributed by atoms with van der Waals surface area (Å²) in [6, 6.07) is 5.60. The quantitative estimate of drug-likeness (QED) is 0.692. The summed E-state index contributed by atoms with van der Waals surface area (Å²) in [5.74, 6) is 0. The number of aromatic nitrogens is 2. The van der Waals surface area contributed by atoms with Crippen LogP contribution in [0.25, 0.3) is 11.0 Å². The Morgan fingerprint density at radius 2 is 2.07 bits per heavy atom. The van der Waals surface area contributed by atoms with E-state index in [1.807, 2.05) is 32.0 Å². The molecule has 2 heterocycles. The van der Waals surface area contributed by atoms with Crippen molar-refractivity contribution in [2.75, 3.05) is 0 Å². The van der Waals surface area contributed by atoms with E-state index in [1.54, 1.807) is 13.1 Å². The van der Waals surface area contributed by atoms with Crippen molar-refractivity contribution in [2.24, 2.45) is 0 Å². The molecular formula is C11H14N2O. The monoisotopic (exact) mass is 190 g/mol. The number of hydrogen-bond donors (Lipinski definition) is 1. The Morgan fingerprint density at radius 3 is 2.79 bits per heavy atom. The van der Waals surface area contributed by atoms with Crippen LogP contribution < -0.4 is 5.56 Å². The summed E-state index contributed by atoms with van der Waals surface area (Å²) in [6.07, 6.45) is 1.66. The molecule has 0 fully saturated rings. The summed E-state index contributed by atoms with van der Waals surface area (Å²) >= 11 is 0. The molecule has 3 nitrogen and oxygen atoms in total. The van der Waals surface area contributed by atoms with Gasteiger partial charge < -0.3 is 4.98 Å². The van der Waals surface area contributed by atoms with Crippen LogP contribution in [0.2, 0.25) is 0 Å². The van der Waals surface area contributed by atoms with E-state index in [0.29, 0.717) is 5.65 Å². The topological polar surface area (TPSA) is 45.8 Å². The molecule has 0 saturated carbocycles. The number of H-pyrrole nitrogens is 1. The SMILES string of the molecule is CC.Cc1cc2cccnc2[nH]c1=O.